The number of nitrogens with one attached hydrogen (secondary N) is 1. The number of hydrogen-bond donors (Lipinski definition) is 2. The SMILES string of the molecule is O=C1N[C@@H](Cc2cc(F)cc(F)c2)[C@@H](C2CC(O)CN2C(c2ccccc2)c2ccccc2)O1. The standard InChI is InChI=1S/C27H26F2N2O3/c28-20-11-17(12-21(29)14-20)13-23-26(34-27(33)30-23)24-15-22(32)16-31(24)25(18-7-3-1-4-8-18)19-9-5-2-6-10-19/h1-12,14,22-26,32H,13,15-16H2,(H,30,33)/t22?,23-,24?,26-/m0/s1. The van der Waals surface area contributed by atoms with E-state index in [1.807, 2.05) is 60.7 Å². The minimum Gasteiger partial charge on any atom is -0.442 e. The first kappa shape index (κ1) is 22.5. The van der Waals surface area contributed by atoms with Gasteiger partial charge in [0.15, 0.2) is 0 Å². The van der Waals surface area contributed by atoms with Crippen molar-refractivity contribution in [3.8, 4) is 0 Å². The van der Waals surface area contributed by atoms with Crippen LogP contribution in [-0.4, -0.2) is 46.9 Å². The maximum absolute atomic E-state index is 13.8. The van der Waals surface area contributed by atoms with Crippen molar-refractivity contribution in [1.29, 1.82) is 0 Å². The smallest absolute Gasteiger partial charge is 0.407 e. The van der Waals surface area contributed by atoms with E-state index in [1.54, 1.807) is 0 Å². The van der Waals surface area contributed by atoms with Crippen molar-refractivity contribution in [1.82, 2.24) is 10.2 Å². The Balaban J connectivity index is 1.48. The number of amides is 1. The van der Waals surface area contributed by atoms with Crippen LogP contribution >= 0.6 is 0 Å². The third kappa shape index (κ3) is 4.67. The van der Waals surface area contributed by atoms with E-state index in [2.05, 4.69) is 10.2 Å². The number of carbonyl (C=O) groups excluding carboxylic acids is 1. The molecule has 3 aromatic rings. The molecule has 3 aromatic carbocycles. The maximum Gasteiger partial charge on any atom is 0.407 e. The summed E-state index contributed by atoms with van der Waals surface area (Å²) in [6, 6.07) is 22.4. The normalized spacial score (nSPS) is 24.9. The van der Waals surface area contributed by atoms with E-state index in [1.165, 1.54) is 12.1 Å². The van der Waals surface area contributed by atoms with Gasteiger partial charge >= 0.3 is 6.09 Å². The number of aliphatic hydroxyl groups is 1. The highest BCUT2D eigenvalue weighted by molar-refractivity contribution is 5.70. The van der Waals surface area contributed by atoms with E-state index < -0.39 is 36.0 Å². The van der Waals surface area contributed by atoms with E-state index in [9.17, 15) is 18.7 Å². The Bertz CT molecular complexity index is 1090. The molecule has 2 N–H and O–H groups in total. The highest BCUT2D eigenvalue weighted by Crippen LogP contribution is 2.38. The van der Waals surface area contributed by atoms with Crippen LogP contribution < -0.4 is 5.32 Å². The van der Waals surface area contributed by atoms with Gasteiger partial charge in [-0.2, -0.15) is 0 Å². The molecule has 0 bridgehead atoms. The lowest BCUT2D eigenvalue weighted by Gasteiger charge is -2.37. The average molecular weight is 465 g/mol. The second kappa shape index (κ2) is 9.52. The lowest BCUT2D eigenvalue weighted by atomic mass is 9.92. The van der Waals surface area contributed by atoms with E-state index >= 15 is 0 Å². The van der Waals surface area contributed by atoms with Gasteiger partial charge in [0.25, 0.3) is 0 Å². The quantitative estimate of drug-likeness (QED) is 0.574. The van der Waals surface area contributed by atoms with Gasteiger partial charge in [-0.1, -0.05) is 60.7 Å². The Morgan fingerprint density at radius 2 is 1.56 bits per heavy atom. The molecule has 34 heavy (non-hydrogen) atoms. The van der Waals surface area contributed by atoms with Crippen LogP contribution in [0.5, 0.6) is 0 Å². The largest absolute Gasteiger partial charge is 0.442 e. The summed E-state index contributed by atoms with van der Waals surface area (Å²) in [5.74, 6) is -1.33. The highest BCUT2D eigenvalue weighted by Gasteiger charge is 2.48. The number of β-amino-alcohol motifs (C(OH)–C–C–N with tert-alkyl or cyclic N) is 1. The Labute approximate surface area is 197 Å². The number of likely N-dealkylation sites (tertiary alicyclic amines) is 1. The molecule has 2 unspecified atom stereocenters. The molecule has 176 valence electrons. The molecule has 2 aliphatic rings. The molecule has 5 nitrogen and oxygen atoms in total. The van der Waals surface area contributed by atoms with Crippen LogP contribution in [0.15, 0.2) is 78.9 Å². The Morgan fingerprint density at radius 3 is 2.15 bits per heavy atom. The fraction of sp³-hybridized carbons (Fsp3) is 0.296. The number of ether oxygens (including phenoxy) is 1. The predicted molar refractivity (Wildman–Crippen MR) is 123 cm³/mol. The Morgan fingerprint density at radius 1 is 0.971 bits per heavy atom. The number of cyclic esters (lactones) is 1. The molecule has 0 saturated carbocycles. The van der Waals surface area contributed by atoms with Gasteiger partial charge in [-0.15, -0.1) is 0 Å². The van der Waals surface area contributed by atoms with Crippen molar-refractivity contribution >= 4 is 6.09 Å². The van der Waals surface area contributed by atoms with Gasteiger partial charge in [0.05, 0.1) is 24.2 Å². The lowest BCUT2D eigenvalue weighted by Crippen LogP contribution is -2.48. The first-order valence-electron chi connectivity index (χ1n) is 11.4. The van der Waals surface area contributed by atoms with Crippen LogP contribution in [0.1, 0.15) is 29.2 Å². The summed E-state index contributed by atoms with van der Waals surface area (Å²) in [6.45, 7) is 0.411. The number of aliphatic hydroxyl groups excluding tert-OH is 1. The van der Waals surface area contributed by atoms with Gasteiger partial charge in [-0.25, -0.2) is 13.6 Å². The highest BCUT2D eigenvalue weighted by atomic mass is 19.1. The number of rotatable bonds is 6. The van der Waals surface area contributed by atoms with Crippen molar-refractivity contribution < 1.29 is 23.4 Å². The van der Waals surface area contributed by atoms with Gasteiger partial charge in [0.2, 0.25) is 0 Å². The molecule has 0 aliphatic carbocycles. The van der Waals surface area contributed by atoms with Gasteiger partial charge in [0, 0.05) is 12.6 Å². The predicted octanol–water partition coefficient (Wildman–Crippen LogP) is 4.21. The summed E-state index contributed by atoms with van der Waals surface area (Å²) >= 11 is 0. The van der Waals surface area contributed by atoms with Crippen molar-refractivity contribution in [2.24, 2.45) is 0 Å². The number of alkyl carbamates (subject to hydrolysis) is 1. The van der Waals surface area contributed by atoms with Crippen molar-refractivity contribution in [2.75, 3.05) is 6.54 Å². The van der Waals surface area contributed by atoms with Gasteiger partial charge < -0.3 is 15.2 Å². The summed E-state index contributed by atoms with van der Waals surface area (Å²) in [5, 5.41) is 13.5. The summed E-state index contributed by atoms with van der Waals surface area (Å²) in [4.78, 5) is 14.5. The molecule has 2 heterocycles. The van der Waals surface area contributed by atoms with Gasteiger partial charge in [-0.3, -0.25) is 4.90 Å². The van der Waals surface area contributed by atoms with E-state index in [0.29, 0.717) is 18.5 Å². The molecule has 7 heteroatoms. The molecule has 2 saturated heterocycles. The van der Waals surface area contributed by atoms with E-state index in [4.69, 9.17) is 4.74 Å². The summed E-state index contributed by atoms with van der Waals surface area (Å²) in [6.07, 6.45) is -1.11. The molecular formula is C27H26F2N2O3. The lowest BCUT2D eigenvalue weighted by molar-refractivity contribution is 0.0530. The molecule has 0 radical (unpaired) electrons. The monoisotopic (exact) mass is 464 g/mol. The van der Waals surface area contributed by atoms with Crippen LogP contribution in [0.4, 0.5) is 13.6 Å². The van der Waals surface area contributed by atoms with Crippen molar-refractivity contribution in [2.45, 2.75) is 43.2 Å². The van der Waals surface area contributed by atoms with Crippen molar-refractivity contribution in [3.05, 3.63) is 107 Å². The molecule has 2 aliphatic heterocycles. The van der Waals surface area contributed by atoms with Crippen LogP contribution in [0.3, 0.4) is 0 Å². The zero-order valence-electron chi connectivity index (χ0n) is 18.5. The van der Waals surface area contributed by atoms with Crippen LogP contribution in [-0.2, 0) is 11.2 Å². The molecular weight excluding hydrogens is 438 g/mol. The molecule has 0 spiro atoms. The van der Waals surface area contributed by atoms with Crippen LogP contribution in [0.25, 0.3) is 0 Å². The summed E-state index contributed by atoms with van der Waals surface area (Å²) < 4.78 is 33.2. The first-order chi connectivity index (χ1) is 16.5. The number of nitrogens with zero attached hydrogens (tertiary/aromatic N) is 1. The van der Waals surface area contributed by atoms with Crippen molar-refractivity contribution in [3.63, 3.8) is 0 Å². The second-order valence-corrected chi connectivity index (χ2v) is 8.98. The number of hydrogen-bond acceptors (Lipinski definition) is 4. The second-order valence-electron chi connectivity index (χ2n) is 8.98. The average Bonchev–Trinajstić information content (AvgIpc) is 3.36. The topological polar surface area (TPSA) is 61.8 Å². The van der Waals surface area contributed by atoms with Gasteiger partial charge in [0.1, 0.15) is 17.7 Å². The molecule has 2 fully saturated rings. The minimum absolute atomic E-state index is 0.156. The number of benzene rings is 3. The molecule has 0 aromatic heterocycles. The number of carbonyl (C=O) groups is 1. The van der Waals surface area contributed by atoms with Gasteiger partial charge in [-0.05, 0) is 41.7 Å². The summed E-state index contributed by atoms with van der Waals surface area (Å²) in [5.41, 5.74) is 2.56. The first-order valence-corrected chi connectivity index (χ1v) is 11.4. The molecule has 4 atom stereocenters. The molecule has 1 amide bonds. The fourth-order valence-corrected chi connectivity index (χ4v) is 5.30. The van der Waals surface area contributed by atoms with Crippen LogP contribution in [0.2, 0.25) is 0 Å². The third-order valence-corrected chi connectivity index (χ3v) is 6.62. The Kier molecular flexibility index (Phi) is 6.30. The summed E-state index contributed by atoms with van der Waals surface area (Å²) in [7, 11) is 0. The Hall–Kier alpha value is -3.29. The zero-order chi connectivity index (χ0) is 23.7. The van der Waals surface area contributed by atoms with Crippen LogP contribution in [0, 0.1) is 11.6 Å². The zero-order valence-corrected chi connectivity index (χ0v) is 18.5. The van der Waals surface area contributed by atoms with E-state index in [0.717, 1.165) is 17.2 Å². The minimum atomic E-state index is -0.664. The third-order valence-electron chi connectivity index (χ3n) is 6.62. The van der Waals surface area contributed by atoms with E-state index in [-0.39, 0.29) is 18.5 Å². The number of halogens is 2. The molecule has 5 rings (SSSR count). The fourth-order valence-electron chi connectivity index (χ4n) is 5.30. The maximum atomic E-state index is 13.8.